The zero-order valence-electron chi connectivity index (χ0n) is 14.5. The SMILES string of the molecule is O=C(Cn1cc([N+](=O)[O-])ccc1=O)Nc1nc(-c2ccccc2OC(F)F)cs1. The molecule has 0 fully saturated rings. The molecule has 0 radical (unpaired) electrons. The first kappa shape index (κ1) is 20.1. The Bertz CT molecular complexity index is 1110. The number of nitrogens with zero attached hydrogens (tertiary/aromatic N) is 3. The molecule has 0 aliphatic carbocycles. The molecule has 9 nitrogen and oxygen atoms in total. The summed E-state index contributed by atoms with van der Waals surface area (Å²) in [6.45, 7) is -3.46. The highest BCUT2D eigenvalue weighted by Gasteiger charge is 2.15. The summed E-state index contributed by atoms with van der Waals surface area (Å²) in [5, 5.41) is 15.0. The van der Waals surface area contributed by atoms with Gasteiger partial charge in [-0.25, -0.2) is 4.98 Å². The Morgan fingerprint density at radius 3 is 2.79 bits per heavy atom. The van der Waals surface area contributed by atoms with Crippen molar-refractivity contribution in [3.05, 3.63) is 68.4 Å². The molecular weight excluding hydrogens is 410 g/mol. The average molecular weight is 422 g/mol. The molecule has 12 heteroatoms. The summed E-state index contributed by atoms with van der Waals surface area (Å²) >= 11 is 1.04. The fraction of sp³-hybridized carbons (Fsp3) is 0.118. The molecule has 0 unspecified atom stereocenters. The van der Waals surface area contributed by atoms with E-state index >= 15 is 0 Å². The molecule has 3 rings (SSSR count). The fourth-order valence-electron chi connectivity index (χ4n) is 2.40. The summed E-state index contributed by atoms with van der Waals surface area (Å²) in [5.41, 5.74) is -0.276. The molecule has 0 saturated heterocycles. The Kier molecular flexibility index (Phi) is 5.93. The summed E-state index contributed by atoms with van der Waals surface area (Å²) in [5.74, 6) is -0.695. The number of nitrogens with one attached hydrogen (secondary N) is 1. The van der Waals surface area contributed by atoms with Gasteiger partial charge in [0, 0.05) is 23.1 Å². The Labute approximate surface area is 165 Å². The third-order valence-corrected chi connectivity index (χ3v) is 4.38. The van der Waals surface area contributed by atoms with Crippen LogP contribution in [0, 0.1) is 10.1 Å². The van der Waals surface area contributed by atoms with E-state index in [0.29, 0.717) is 11.3 Å². The molecule has 29 heavy (non-hydrogen) atoms. The molecule has 2 heterocycles. The molecule has 0 atom stereocenters. The van der Waals surface area contributed by atoms with Crippen LogP contribution < -0.4 is 15.6 Å². The van der Waals surface area contributed by atoms with Gasteiger partial charge in [-0.2, -0.15) is 8.78 Å². The highest BCUT2D eigenvalue weighted by atomic mass is 32.1. The minimum absolute atomic E-state index is 0.0613. The first-order chi connectivity index (χ1) is 13.8. The van der Waals surface area contributed by atoms with E-state index in [1.807, 2.05) is 0 Å². The van der Waals surface area contributed by atoms with Crippen LogP contribution in [0.15, 0.2) is 52.8 Å². The van der Waals surface area contributed by atoms with Crippen molar-refractivity contribution in [2.75, 3.05) is 5.32 Å². The first-order valence-corrected chi connectivity index (χ1v) is 8.86. The van der Waals surface area contributed by atoms with Crippen molar-refractivity contribution >= 4 is 28.1 Å². The number of rotatable bonds is 7. The lowest BCUT2D eigenvalue weighted by Gasteiger charge is -2.08. The van der Waals surface area contributed by atoms with Crippen molar-refractivity contribution in [1.82, 2.24) is 9.55 Å². The number of aromatic nitrogens is 2. The molecular formula is C17H12F2N4O5S. The second kappa shape index (κ2) is 8.56. The maximum absolute atomic E-state index is 12.5. The normalized spacial score (nSPS) is 10.7. The molecule has 1 aromatic carbocycles. The Balaban J connectivity index is 1.74. The van der Waals surface area contributed by atoms with E-state index in [1.54, 1.807) is 17.5 Å². The molecule has 0 spiro atoms. The third kappa shape index (κ3) is 4.99. The summed E-state index contributed by atoms with van der Waals surface area (Å²) in [4.78, 5) is 38.2. The van der Waals surface area contributed by atoms with Crippen LogP contribution in [-0.2, 0) is 11.3 Å². The molecule has 150 valence electrons. The second-order valence-corrected chi connectivity index (χ2v) is 6.43. The molecule has 1 amide bonds. The van der Waals surface area contributed by atoms with Crippen LogP contribution in [0.1, 0.15) is 0 Å². The van der Waals surface area contributed by atoms with Gasteiger partial charge in [0.05, 0.1) is 16.8 Å². The number of halogens is 2. The lowest BCUT2D eigenvalue weighted by atomic mass is 10.1. The number of carbonyl (C=O) groups excluding carboxylic acids is 1. The van der Waals surface area contributed by atoms with Crippen LogP contribution in [0.4, 0.5) is 19.6 Å². The monoisotopic (exact) mass is 422 g/mol. The second-order valence-electron chi connectivity index (χ2n) is 5.57. The summed E-state index contributed by atoms with van der Waals surface area (Å²) < 4.78 is 30.4. The maximum atomic E-state index is 12.5. The Hall–Kier alpha value is -3.67. The molecule has 2 aromatic heterocycles. The zero-order valence-corrected chi connectivity index (χ0v) is 15.3. The van der Waals surface area contributed by atoms with Gasteiger partial charge in [0.2, 0.25) is 5.91 Å². The van der Waals surface area contributed by atoms with Gasteiger partial charge < -0.3 is 10.1 Å². The highest BCUT2D eigenvalue weighted by molar-refractivity contribution is 7.14. The van der Waals surface area contributed by atoms with E-state index in [9.17, 15) is 28.5 Å². The van der Waals surface area contributed by atoms with E-state index in [0.717, 1.165) is 34.2 Å². The lowest BCUT2D eigenvalue weighted by Crippen LogP contribution is -2.26. The van der Waals surface area contributed by atoms with Crippen LogP contribution in [0.5, 0.6) is 5.75 Å². The number of thiazole rings is 1. The average Bonchev–Trinajstić information content (AvgIpc) is 3.11. The van der Waals surface area contributed by atoms with Crippen LogP contribution in [0.25, 0.3) is 11.3 Å². The number of ether oxygens (including phenoxy) is 1. The van der Waals surface area contributed by atoms with E-state index in [-0.39, 0.29) is 16.6 Å². The lowest BCUT2D eigenvalue weighted by molar-refractivity contribution is -0.385. The van der Waals surface area contributed by atoms with Crippen molar-refractivity contribution in [3.63, 3.8) is 0 Å². The van der Waals surface area contributed by atoms with Crippen LogP contribution in [0.3, 0.4) is 0 Å². The van der Waals surface area contributed by atoms with Crippen LogP contribution in [0.2, 0.25) is 0 Å². The standard InChI is InChI=1S/C17H12F2N4O5S/c18-16(19)28-13-4-2-1-3-11(13)12-9-29-17(20-12)21-14(24)8-22-7-10(23(26)27)5-6-15(22)25/h1-7,9,16H,8H2,(H,20,21,24). The first-order valence-electron chi connectivity index (χ1n) is 7.98. The molecule has 0 aliphatic heterocycles. The number of benzene rings is 1. The predicted octanol–water partition coefficient (Wildman–Crippen LogP) is 3.12. The summed E-state index contributed by atoms with van der Waals surface area (Å²) in [7, 11) is 0. The topological polar surface area (TPSA) is 116 Å². The van der Waals surface area contributed by atoms with Gasteiger partial charge in [0.25, 0.3) is 11.2 Å². The fourth-order valence-corrected chi connectivity index (χ4v) is 3.12. The number of alkyl halides is 2. The van der Waals surface area contributed by atoms with Gasteiger partial charge >= 0.3 is 6.61 Å². The van der Waals surface area contributed by atoms with Gasteiger partial charge in [0.1, 0.15) is 12.3 Å². The van der Waals surface area contributed by atoms with Crippen LogP contribution >= 0.6 is 11.3 Å². The van der Waals surface area contributed by atoms with E-state index in [1.165, 1.54) is 12.1 Å². The van der Waals surface area contributed by atoms with Gasteiger partial charge in [-0.15, -0.1) is 11.3 Å². The number of anilines is 1. The van der Waals surface area contributed by atoms with E-state index in [2.05, 4.69) is 15.0 Å². The number of pyridine rings is 1. The highest BCUT2D eigenvalue weighted by Crippen LogP contribution is 2.32. The quantitative estimate of drug-likeness (QED) is 0.462. The van der Waals surface area contributed by atoms with Crippen molar-refractivity contribution in [3.8, 4) is 17.0 Å². The largest absolute Gasteiger partial charge is 0.434 e. The molecule has 1 N–H and O–H groups in total. The van der Waals surface area contributed by atoms with Crippen molar-refractivity contribution in [1.29, 1.82) is 0 Å². The number of carbonyl (C=O) groups is 1. The third-order valence-electron chi connectivity index (χ3n) is 3.62. The van der Waals surface area contributed by atoms with E-state index in [4.69, 9.17) is 0 Å². The molecule has 0 saturated carbocycles. The Morgan fingerprint density at radius 2 is 2.07 bits per heavy atom. The smallest absolute Gasteiger partial charge is 0.387 e. The zero-order chi connectivity index (χ0) is 21.0. The van der Waals surface area contributed by atoms with Gasteiger partial charge in [-0.3, -0.25) is 24.3 Å². The van der Waals surface area contributed by atoms with E-state index < -0.39 is 29.5 Å². The van der Waals surface area contributed by atoms with Gasteiger partial charge in [-0.1, -0.05) is 12.1 Å². The van der Waals surface area contributed by atoms with Crippen molar-refractivity contribution < 1.29 is 23.2 Å². The van der Waals surface area contributed by atoms with Gasteiger partial charge in [0.15, 0.2) is 5.13 Å². The summed E-state index contributed by atoms with van der Waals surface area (Å²) in [6, 6.07) is 8.11. The minimum atomic E-state index is -3.00. The Morgan fingerprint density at radius 1 is 1.31 bits per heavy atom. The number of hydrogen-bond acceptors (Lipinski definition) is 7. The van der Waals surface area contributed by atoms with Crippen LogP contribution in [-0.4, -0.2) is 27.0 Å². The molecule has 0 aliphatic rings. The molecule has 3 aromatic rings. The number of nitro groups is 1. The van der Waals surface area contributed by atoms with Crippen molar-refractivity contribution in [2.24, 2.45) is 0 Å². The number of amides is 1. The predicted molar refractivity (Wildman–Crippen MR) is 100 cm³/mol. The van der Waals surface area contributed by atoms with Crippen molar-refractivity contribution in [2.45, 2.75) is 13.2 Å². The summed E-state index contributed by atoms with van der Waals surface area (Å²) in [6.07, 6.45) is 0.965. The number of para-hydroxylation sites is 1. The maximum Gasteiger partial charge on any atom is 0.387 e. The van der Waals surface area contributed by atoms with Gasteiger partial charge in [-0.05, 0) is 12.1 Å². The number of hydrogen-bond donors (Lipinski definition) is 1. The minimum Gasteiger partial charge on any atom is -0.434 e. The molecule has 0 bridgehead atoms.